The van der Waals surface area contributed by atoms with Crippen molar-refractivity contribution in [3.8, 4) is 11.4 Å². The molecular formula is C38H44Cl6N6O4. The molecule has 0 spiro atoms. The first-order valence-corrected chi connectivity index (χ1v) is 19.4. The normalized spacial score (nSPS) is 12.6. The number of nitrogens with one attached hydrogen (secondary N) is 4. The molecule has 0 bridgehead atoms. The zero-order valence-electron chi connectivity index (χ0n) is 31.5. The largest absolute Gasteiger partial charge is 0.310 e. The number of aromatic amines is 2. The third kappa shape index (κ3) is 9.81. The Hall–Kier alpha value is -3.12. The minimum absolute atomic E-state index is 0.00584. The van der Waals surface area contributed by atoms with Gasteiger partial charge >= 0.3 is 0 Å². The number of anilines is 2. The Morgan fingerprint density at radius 1 is 0.704 bits per heavy atom. The standard InChI is InChI=1S/C38H44Cl6N6O4/c1-18(2)11-10-12-19(3)13-22(27-31(45-35(53)37(4,5)6)47-49(33(27)51)29-23(41)14-20(39)15-24(29)42)28-32(46-36(54)38(7,8)9)48-50(34(28)52)30-25(43)16-21(40)17-26(30)44/h11,14-17,19,22,47-48H,10,12-13H2,1-9H3,(H,45,53)(H,46,54). The second-order valence-corrected chi connectivity index (χ2v) is 18.2. The van der Waals surface area contributed by atoms with Crippen molar-refractivity contribution < 1.29 is 9.59 Å². The number of benzene rings is 2. The van der Waals surface area contributed by atoms with Crippen LogP contribution in [0.4, 0.5) is 11.6 Å². The van der Waals surface area contributed by atoms with Gasteiger partial charge < -0.3 is 10.6 Å². The molecule has 2 aromatic heterocycles. The van der Waals surface area contributed by atoms with Gasteiger partial charge in [-0.3, -0.25) is 29.4 Å². The smallest absolute Gasteiger partial charge is 0.277 e. The summed E-state index contributed by atoms with van der Waals surface area (Å²) < 4.78 is 2.22. The number of allylic oxidation sites excluding steroid dienone is 2. The van der Waals surface area contributed by atoms with E-state index in [0.29, 0.717) is 6.42 Å². The van der Waals surface area contributed by atoms with Crippen LogP contribution in [-0.2, 0) is 9.59 Å². The molecule has 10 nitrogen and oxygen atoms in total. The van der Waals surface area contributed by atoms with Crippen LogP contribution in [0.5, 0.6) is 0 Å². The number of halogens is 6. The van der Waals surface area contributed by atoms with E-state index in [1.54, 1.807) is 41.5 Å². The molecule has 0 fully saturated rings. The number of nitrogens with zero attached hydrogens (tertiary/aromatic N) is 2. The lowest BCUT2D eigenvalue weighted by Gasteiger charge is -2.23. The third-order valence-electron chi connectivity index (χ3n) is 8.65. The first kappa shape index (κ1) is 43.6. The molecule has 2 aromatic carbocycles. The van der Waals surface area contributed by atoms with Gasteiger partial charge in [0, 0.05) is 26.8 Å². The van der Waals surface area contributed by atoms with Gasteiger partial charge in [-0.25, -0.2) is 9.36 Å². The quantitative estimate of drug-likeness (QED) is 0.112. The van der Waals surface area contributed by atoms with Crippen LogP contribution in [0.15, 0.2) is 45.5 Å². The number of hydrogen-bond acceptors (Lipinski definition) is 4. The van der Waals surface area contributed by atoms with E-state index >= 15 is 0 Å². The maximum Gasteiger partial charge on any atom is 0.277 e. The van der Waals surface area contributed by atoms with E-state index in [0.717, 1.165) is 21.4 Å². The van der Waals surface area contributed by atoms with Crippen molar-refractivity contribution in [2.45, 2.75) is 87.5 Å². The van der Waals surface area contributed by atoms with E-state index in [2.05, 4.69) is 26.9 Å². The highest BCUT2D eigenvalue weighted by Gasteiger charge is 2.36. The SMILES string of the molecule is CC(C)=CCCC(C)CC(c1c(NC(=O)C(C)(C)C)[nH]n(-c2c(Cl)cc(Cl)cc2Cl)c1=O)c1c(NC(=O)C(C)(C)C)[nH]n(-c2c(Cl)cc(Cl)cc2Cl)c1=O. The van der Waals surface area contributed by atoms with Crippen LogP contribution in [0.2, 0.25) is 30.1 Å². The Kier molecular flexibility index (Phi) is 13.7. The highest BCUT2D eigenvalue weighted by molar-refractivity contribution is 6.41. The molecule has 4 rings (SSSR count). The number of carbonyl (C=O) groups excluding carboxylic acids is 2. The van der Waals surface area contributed by atoms with E-state index < -0.39 is 39.7 Å². The Morgan fingerprint density at radius 3 is 1.37 bits per heavy atom. The van der Waals surface area contributed by atoms with E-state index in [9.17, 15) is 19.2 Å². The minimum atomic E-state index is -1.05. The molecule has 0 aliphatic rings. The fourth-order valence-corrected chi connectivity index (χ4v) is 7.68. The predicted molar refractivity (Wildman–Crippen MR) is 223 cm³/mol. The molecule has 2 amide bonds. The van der Waals surface area contributed by atoms with Crippen LogP contribution in [0.1, 0.15) is 98.6 Å². The van der Waals surface area contributed by atoms with Gasteiger partial charge in [-0.1, -0.05) is 130 Å². The van der Waals surface area contributed by atoms with Gasteiger partial charge in [0.25, 0.3) is 11.1 Å². The van der Waals surface area contributed by atoms with E-state index in [1.165, 1.54) is 24.3 Å². The van der Waals surface area contributed by atoms with Crippen LogP contribution in [0.3, 0.4) is 0 Å². The fourth-order valence-electron chi connectivity index (χ4n) is 5.71. The summed E-state index contributed by atoms with van der Waals surface area (Å²) in [6.45, 7) is 16.3. The van der Waals surface area contributed by atoms with Gasteiger partial charge in [-0.15, -0.1) is 0 Å². The first-order valence-electron chi connectivity index (χ1n) is 17.2. The lowest BCUT2D eigenvalue weighted by atomic mass is 9.83. The van der Waals surface area contributed by atoms with Gasteiger partial charge in [0.2, 0.25) is 11.8 Å². The number of carbonyl (C=O) groups is 2. The number of hydrogen-bond donors (Lipinski definition) is 4. The van der Waals surface area contributed by atoms with E-state index in [-0.39, 0.29) is 76.6 Å². The Bertz CT molecular complexity index is 2040. The highest BCUT2D eigenvalue weighted by Crippen LogP contribution is 2.40. The zero-order valence-corrected chi connectivity index (χ0v) is 36.0. The van der Waals surface area contributed by atoms with Crippen molar-refractivity contribution in [1.82, 2.24) is 19.6 Å². The van der Waals surface area contributed by atoms with Crippen LogP contribution in [0.25, 0.3) is 11.4 Å². The van der Waals surface area contributed by atoms with Gasteiger partial charge in [-0.05, 0) is 63.3 Å². The molecule has 0 saturated heterocycles. The molecule has 0 saturated carbocycles. The Morgan fingerprint density at radius 2 is 1.06 bits per heavy atom. The third-order valence-corrected chi connectivity index (χ3v) is 10.2. The van der Waals surface area contributed by atoms with Crippen molar-refractivity contribution >= 4 is 93.1 Å². The van der Waals surface area contributed by atoms with Crippen molar-refractivity contribution in [3.63, 3.8) is 0 Å². The summed E-state index contributed by atoms with van der Waals surface area (Å²) >= 11 is 38.9. The zero-order chi connectivity index (χ0) is 40.6. The highest BCUT2D eigenvalue weighted by atomic mass is 35.5. The topological polar surface area (TPSA) is 134 Å². The molecule has 2 heterocycles. The monoisotopic (exact) mass is 858 g/mol. The maximum absolute atomic E-state index is 14.9. The van der Waals surface area contributed by atoms with Gasteiger partial charge in [0.15, 0.2) is 0 Å². The Labute approximate surface area is 344 Å². The summed E-state index contributed by atoms with van der Waals surface area (Å²) in [5, 5.41) is 12.5. The molecule has 4 N–H and O–H groups in total. The van der Waals surface area contributed by atoms with Crippen molar-refractivity contribution in [1.29, 1.82) is 0 Å². The number of amides is 2. The maximum atomic E-state index is 14.9. The average molecular weight is 862 g/mol. The second kappa shape index (κ2) is 16.9. The summed E-state index contributed by atoms with van der Waals surface area (Å²) in [4.78, 5) is 57.0. The summed E-state index contributed by atoms with van der Waals surface area (Å²) in [5.41, 5.74) is -1.77. The summed E-state index contributed by atoms with van der Waals surface area (Å²) in [5.74, 6) is -1.99. The average Bonchev–Trinajstić information content (AvgIpc) is 3.49. The molecule has 292 valence electrons. The summed E-state index contributed by atoms with van der Waals surface area (Å²) in [7, 11) is 0. The van der Waals surface area contributed by atoms with Crippen molar-refractivity contribution in [3.05, 3.63) is 97.9 Å². The predicted octanol–water partition coefficient (Wildman–Crippen LogP) is 11.4. The lowest BCUT2D eigenvalue weighted by Crippen LogP contribution is -2.31. The summed E-state index contributed by atoms with van der Waals surface area (Å²) in [6, 6.07) is 5.71. The van der Waals surface area contributed by atoms with Crippen LogP contribution in [-0.4, -0.2) is 31.4 Å². The van der Waals surface area contributed by atoms with E-state index in [4.69, 9.17) is 69.6 Å². The molecular weight excluding hydrogens is 817 g/mol. The fraction of sp³-hybridized carbons (Fsp3) is 0.421. The first-order chi connectivity index (χ1) is 24.9. The van der Waals surface area contributed by atoms with Crippen LogP contribution < -0.4 is 21.8 Å². The molecule has 1 atom stereocenters. The minimum Gasteiger partial charge on any atom is -0.310 e. The van der Waals surface area contributed by atoms with Gasteiger partial charge in [0.1, 0.15) is 23.0 Å². The van der Waals surface area contributed by atoms with Crippen LogP contribution >= 0.6 is 69.6 Å². The molecule has 1 unspecified atom stereocenters. The number of aromatic nitrogens is 4. The lowest BCUT2D eigenvalue weighted by molar-refractivity contribution is -0.123. The molecule has 0 radical (unpaired) electrons. The van der Waals surface area contributed by atoms with Crippen LogP contribution in [0, 0.1) is 16.7 Å². The molecule has 4 aromatic rings. The second-order valence-electron chi connectivity index (χ2n) is 15.7. The molecule has 0 aliphatic carbocycles. The van der Waals surface area contributed by atoms with Crippen molar-refractivity contribution in [2.24, 2.45) is 16.7 Å². The van der Waals surface area contributed by atoms with Crippen molar-refractivity contribution in [2.75, 3.05) is 10.6 Å². The molecule has 54 heavy (non-hydrogen) atoms. The molecule has 16 heteroatoms. The number of rotatable bonds is 11. The molecule has 0 aliphatic heterocycles. The summed E-state index contributed by atoms with van der Waals surface area (Å²) in [6.07, 6.45) is 3.75. The van der Waals surface area contributed by atoms with E-state index in [1.807, 2.05) is 20.8 Å². The Balaban J connectivity index is 2.15. The van der Waals surface area contributed by atoms with Gasteiger partial charge in [0.05, 0.1) is 31.2 Å². The number of H-pyrrole nitrogens is 2. The van der Waals surface area contributed by atoms with Gasteiger partial charge in [-0.2, -0.15) is 0 Å².